The summed E-state index contributed by atoms with van der Waals surface area (Å²) in [6.07, 6.45) is 8.76. The number of nitrogens with zero attached hydrogens (tertiary/aromatic N) is 1. The third-order valence-corrected chi connectivity index (χ3v) is 5.16. The van der Waals surface area contributed by atoms with Gasteiger partial charge in [0, 0.05) is 18.6 Å². The van der Waals surface area contributed by atoms with E-state index in [1.54, 1.807) is 0 Å². The molecule has 0 unspecified atom stereocenters. The maximum Gasteiger partial charge on any atom is 0.317 e. The summed E-state index contributed by atoms with van der Waals surface area (Å²) in [5.41, 5.74) is 5.86. The van der Waals surface area contributed by atoms with Gasteiger partial charge in [-0.25, -0.2) is 4.79 Å². The molecule has 0 bridgehead atoms. The molecular weight excluding hydrogens is 254 g/mol. The zero-order valence-electron chi connectivity index (χ0n) is 12.3. The molecule has 20 heavy (non-hydrogen) atoms. The first-order chi connectivity index (χ1) is 9.67. The van der Waals surface area contributed by atoms with Crippen LogP contribution in [-0.2, 0) is 4.74 Å². The fourth-order valence-electron chi connectivity index (χ4n) is 3.82. The van der Waals surface area contributed by atoms with Gasteiger partial charge in [0.2, 0.25) is 0 Å². The first kappa shape index (κ1) is 14.1. The van der Waals surface area contributed by atoms with Gasteiger partial charge in [0.15, 0.2) is 0 Å². The summed E-state index contributed by atoms with van der Waals surface area (Å²) in [6.45, 7) is 2.11. The summed E-state index contributed by atoms with van der Waals surface area (Å²) in [5.74, 6) is 0. The van der Waals surface area contributed by atoms with Crippen molar-refractivity contribution in [1.82, 2.24) is 10.2 Å². The Balaban J connectivity index is 1.55. The number of nitrogens with one attached hydrogen (secondary N) is 1. The minimum Gasteiger partial charge on any atom is -0.371 e. The first-order valence-electron chi connectivity index (χ1n) is 8.12. The molecule has 114 valence electrons. The van der Waals surface area contributed by atoms with Crippen LogP contribution in [0.5, 0.6) is 0 Å². The van der Waals surface area contributed by atoms with Crippen molar-refractivity contribution in [2.24, 2.45) is 5.73 Å². The van der Waals surface area contributed by atoms with E-state index in [9.17, 15) is 4.79 Å². The fourth-order valence-corrected chi connectivity index (χ4v) is 3.82. The fraction of sp³-hybridized carbons (Fsp3) is 0.933. The van der Waals surface area contributed by atoms with E-state index in [1.807, 2.05) is 4.90 Å². The van der Waals surface area contributed by atoms with Crippen LogP contribution >= 0.6 is 0 Å². The number of carbonyl (C=O) groups excluding carboxylic acids is 1. The number of carbonyl (C=O) groups is 1. The highest BCUT2D eigenvalue weighted by Crippen LogP contribution is 2.34. The number of amides is 2. The Bertz CT molecular complexity index is 347. The van der Waals surface area contributed by atoms with Crippen molar-refractivity contribution in [2.75, 3.05) is 19.7 Å². The Morgan fingerprint density at radius 3 is 2.60 bits per heavy atom. The van der Waals surface area contributed by atoms with Crippen LogP contribution in [0.15, 0.2) is 0 Å². The first-order valence-corrected chi connectivity index (χ1v) is 8.12. The zero-order valence-corrected chi connectivity index (χ0v) is 12.3. The Morgan fingerprint density at radius 2 is 1.90 bits per heavy atom. The second-order valence-corrected chi connectivity index (χ2v) is 6.72. The molecule has 0 aromatic rings. The smallest absolute Gasteiger partial charge is 0.317 e. The molecule has 1 aliphatic heterocycles. The van der Waals surface area contributed by atoms with Crippen molar-refractivity contribution in [2.45, 2.75) is 69.1 Å². The lowest BCUT2D eigenvalue weighted by molar-refractivity contribution is -0.118. The number of morpholine rings is 1. The van der Waals surface area contributed by atoms with Crippen molar-refractivity contribution in [3.8, 4) is 0 Å². The van der Waals surface area contributed by atoms with Crippen molar-refractivity contribution in [3.05, 3.63) is 0 Å². The van der Waals surface area contributed by atoms with E-state index >= 15 is 0 Å². The van der Waals surface area contributed by atoms with Gasteiger partial charge in [0.1, 0.15) is 0 Å². The quantitative estimate of drug-likeness (QED) is 0.767. The number of hydrogen-bond donors (Lipinski definition) is 2. The molecule has 3 fully saturated rings. The molecule has 3 rings (SSSR count). The van der Waals surface area contributed by atoms with Crippen LogP contribution in [0.2, 0.25) is 0 Å². The Morgan fingerprint density at radius 1 is 1.20 bits per heavy atom. The molecular formula is C15H27N3O2. The standard InChI is InChI=1S/C15H27N3O2/c16-12-5-7-15(8-6-12)11-18(9-10-20-15)14(19)17-13-3-1-2-4-13/h12-13H,1-11,16H2,(H,17,19). The summed E-state index contributed by atoms with van der Waals surface area (Å²) in [7, 11) is 0. The average Bonchev–Trinajstić information content (AvgIpc) is 2.96. The summed E-state index contributed by atoms with van der Waals surface area (Å²) >= 11 is 0. The van der Waals surface area contributed by atoms with Crippen LogP contribution in [-0.4, -0.2) is 48.3 Å². The van der Waals surface area contributed by atoms with Gasteiger partial charge < -0.3 is 20.7 Å². The Hall–Kier alpha value is -0.810. The van der Waals surface area contributed by atoms with Gasteiger partial charge in [-0.2, -0.15) is 0 Å². The molecule has 0 atom stereocenters. The van der Waals surface area contributed by atoms with E-state index in [1.165, 1.54) is 12.8 Å². The molecule has 2 amide bonds. The van der Waals surface area contributed by atoms with Gasteiger partial charge in [-0.05, 0) is 38.5 Å². The number of urea groups is 1. The van der Waals surface area contributed by atoms with Crippen molar-refractivity contribution in [3.63, 3.8) is 0 Å². The van der Waals surface area contributed by atoms with Crippen LogP contribution in [0.4, 0.5) is 4.79 Å². The monoisotopic (exact) mass is 281 g/mol. The number of hydrogen-bond acceptors (Lipinski definition) is 3. The van der Waals surface area contributed by atoms with Gasteiger partial charge >= 0.3 is 6.03 Å². The summed E-state index contributed by atoms with van der Waals surface area (Å²) in [6, 6.07) is 0.808. The Kier molecular flexibility index (Phi) is 4.17. The molecule has 0 aromatic carbocycles. The second kappa shape index (κ2) is 5.90. The summed E-state index contributed by atoms with van der Waals surface area (Å²) < 4.78 is 6.03. The van der Waals surface area contributed by atoms with Gasteiger partial charge in [-0.3, -0.25) is 0 Å². The molecule has 3 N–H and O–H groups in total. The molecule has 1 spiro atoms. The number of rotatable bonds is 1. The van der Waals surface area contributed by atoms with Gasteiger partial charge in [-0.1, -0.05) is 12.8 Å². The molecule has 5 heteroatoms. The minimum atomic E-state index is -0.124. The van der Waals surface area contributed by atoms with Crippen LogP contribution in [0, 0.1) is 0 Å². The molecule has 0 radical (unpaired) electrons. The van der Waals surface area contributed by atoms with E-state index < -0.39 is 0 Å². The molecule has 0 aromatic heterocycles. The maximum atomic E-state index is 12.4. The van der Waals surface area contributed by atoms with E-state index in [4.69, 9.17) is 10.5 Å². The van der Waals surface area contributed by atoms with Crippen molar-refractivity contribution in [1.29, 1.82) is 0 Å². The topological polar surface area (TPSA) is 67.6 Å². The van der Waals surface area contributed by atoms with Crippen LogP contribution in [0.1, 0.15) is 51.4 Å². The SMILES string of the molecule is NC1CCC2(CC1)CN(C(=O)NC1CCCC1)CCO2. The second-order valence-electron chi connectivity index (χ2n) is 6.72. The normalized spacial score (nSPS) is 35.5. The van der Waals surface area contributed by atoms with Gasteiger partial charge in [0.25, 0.3) is 0 Å². The Labute approximate surface area is 121 Å². The summed E-state index contributed by atoms with van der Waals surface area (Å²) in [5, 5.41) is 3.19. The molecule has 2 saturated carbocycles. The van der Waals surface area contributed by atoms with E-state index in [0.717, 1.165) is 45.1 Å². The zero-order chi connectivity index (χ0) is 14.0. The van der Waals surface area contributed by atoms with Gasteiger partial charge in [-0.15, -0.1) is 0 Å². The number of ether oxygens (including phenoxy) is 1. The average molecular weight is 281 g/mol. The maximum absolute atomic E-state index is 12.4. The van der Waals surface area contributed by atoms with E-state index in [0.29, 0.717) is 25.2 Å². The van der Waals surface area contributed by atoms with E-state index in [-0.39, 0.29) is 11.6 Å². The van der Waals surface area contributed by atoms with Gasteiger partial charge in [0.05, 0.1) is 18.8 Å². The minimum absolute atomic E-state index is 0.106. The lowest BCUT2D eigenvalue weighted by atomic mass is 9.81. The van der Waals surface area contributed by atoms with Crippen molar-refractivity contribution >= 4 is 6.03 Å². The lowest BCUT2D eigenvalue weighted by Gasteiger charge is -2.46. The third kappa shape index (κ3) is 3.09. The highest BCUT2D eigenvalue weighted by molar-refractivity contribution is 5.74. The summed E-state index contributed by atoms with van der Waals surface area (Å²) in [4.78, 5) is 14.3. The highest BCUT2D eigenvalue weighted by Gasteiger charge is 2.41. The molecule has 5 nitrogen and oxygen atoms in total. The highest BCUT2D eigenvalue weighted by atomic mass is 16.5. The molecule has 3 aliphatic rings. The van der Waals surface area contributed by atoms with Crippen LogP contribution < -0.4 is 11.1 Å². The lowest BCUT2D eigenvalue weighted by Crippen LogP contribution is -2.58. The van der Waals surface area contributed by atoms with Crippen LogP contribution in [0.25, 0.3) is 0 Å². The number of nitrogens with two attached hydrogens (primary N) is 1. The molecule has 1 heterocycles. The predicted molar refractivity (Wildman–Crippen MR) is 77.5 cm³/mol. The molecule has 1 saturated heterocycles. The van der Waals surface area contributed by atoms with Crippen molar-refractivity contribution < 1.29 is 9.53 Å². The molecule has 2 aliphatic carbocycles. The predicted octanol–water partition coefficient (Wildman–Crippen LogP) is 1.61. The third-order valence-electron chi connectivity index (χ3n) is 5.16. The van der Waals surface area contributed by atoms with Crippen LogP contribution in [0.3, 0.4) is 0 Å². The largest absolute Gasteiger partial charge is 0.371 e. The van der Waals surface area contributed by atoms with E-state index in [2.05, 4.69) is 5.32 Å².